The molecule has 1 aliphatic heterocycles. The summed E-state index contributed by atoms with van der Waals surface area (Å²) in [4.78, 5) is 15.4. The third-order valence-electron chi connectivity index (χ3n) is 5.17. The van der Waals surface area contributed by atoms with Crippen LogP contribution in [-0.2, 0) is 11.3 Å². The first-order valence-corrected chi connectivity index (χ1v) is 10.7. The van der Waals surface area contributed by atoms with Gasteiger partial charge in [-0.1, -0.05) is 72.5 Å². The molecule has 4 rings (SSSR count). The molecule has 0 aliphatic carbocycles. The van der Waals surface area contributed by atoms with Crippen molar-refractivity contribution in [2.45, 2.75) is 27.3 Å². The fourth-order valence-corrected chi connectivity index (χ4v) is 4.91. The monoisotopic (exact) mass is 418 g/mol. The van der Waals surface area contributed by atoms with E-state index < -0.39 is 0 Å². The van der Waals surface area contributed by atoms with Crippen LogP contribution in [0.25, 0.3) is 11.8 Å². The summed E-state index contributed by atoms with van der Waals surface area (Å²) < 4.78 is 2.85. The average molecular weight is 419 g/mol. The van der Waals surface area contributed by atoms with Crippen molar-refractivity contribution in [2.24, 2.45) is 0 Å². The molecule has 2 aromatic carbocycles. The van der Waals surface area contributed by atoms with Crippen LogP contribution in [0.15, 0.2) is 65.6 Å². The maximum atomic E-state index is 13.0. The Labute approximate surface area is 181 Å². The van der Waals surface area contributed by atoms with Crippen molar-refractivity contribution in [3.8, 4) is 5.69 Å². The highest BCUT2D eigenvalue weighted by Gasteiger charge is 2.32. The maximum Gasteiger partial charge on any atom is 0.266 e. The van der Waals surface area contributed by atoms with E-state index in [1.807, 2.05) is 42.5 Å². The molecule has 3 aromatic rings. The average Bonchev–Trinajstić information content (AvgIpc) is 3.13. The molecule has 0 radical (unpaired) electrons. The standard InChI is InChI=1S/C24H22N2OS2/c1-16-9-7-8-12-21(16)26-17(2)13-20(18(26)3)14-22-23(27)25(24(28)29-22)15-19-10-5-4-6-11-19/h4-14H,15H2,1-3H3. The van der Waals surface area contributed by atoms with E-state index in [9.17, 15) is 4.79 Å². The number of carbonyl (C=O) groups excluding carboxylic acids is 1. The minimum atomic E-state index is -0.0236. The Morgan fingerprint density at radius 2 is 1.69 bits per heavy atom. The number of aryl methyl sites for hydroxylation is 2. The Hall–Kier alpha value is -2.63. The summed E-state index contributed by atoms with van der Waals surface area (Å²) in [5, 5.41) is 0. The SMILES string of the molecule is Cc1ccccc1-n1c(C)cc(C=C2SC(=S)N(Cc3ccccc3)C2=O)c1C. The van der Waals surface area contributed by atoms with E-state index in [4.69, 9.17) is 12.2 Å². The summed E-state index contributed by atoms with van der Waals surface area (Å²) in [7, 11) is 0. The van der Waals surface area contributed by atoms with Gasteiger partial charge in [0.05, 0.1) is 11.4 Å². The summed E-state index contributed by atoms with van der Waals surface area (Å²) in [6, 6.07) is 20.4. The summed E-state index contributed by atoms with van der Waals surface area (Å²) in [6.07, 6.45) is 1.97. The summed E-state index contributed by atoms with van der Waals surface area (Å²) in [5.74, 6) is -0.0236. The Bertz CT molecular complexity index is 1130. The molecule has 2 heterocycles. The normalized spacial score (nSPS) is 15.6. The molecule has 1 amide bonds. The lowest BCUT2D eigenvalue weighted by molar-refractivity contribution is -0.122. The highest BCUT2D eigenvalue weighted by atomic mass is 32.2. The third kappa shape index (κ3) is 3.80. The van der Waals surface area contributed by atoms with Gasteiger partial charge in [-0.05, 0) is 55.7 Å². The number of aromatic nitrogens is 1. The first-order chi connectivity index (χ1) is 14.0. The molecule has 0 atom stereocenters. The largest absolute Gasteiger partial charge is 0.318 e. The molecule has 29 heavy (non-hydrogen) atoms. The summed E-state index contributed by atoms with van der Waals surface area (Å²) in [6.45, 7) is 6.81. The van der Waals surface area contributed by atoms with Crippen molar-refractivity contribution in [1.82, 2.24) is 9.47 Å². The van der Waals surface area contributed by atoms with Gasteiger partial charge >= 0.3 is 0 Å². The van der Waals surface area contributed by atoms with Gasteiger partial charge < -0.3 is 4.57 Å². The number of nitrogens with zero attached hydrogens (tertiary/aromatic N) is 2. The van der Waals surface area contributed by atoms with Crippen LogP contribution < -0.4 is 0 Å². The number of hydrogen-bond donors (Lipinski definition) is 0. The maximum absolute atomic E-state index is 13.0. The second kappa shape index (κ2) is 8.01. The van der Waals surface area contributed by atoms with Crippen molar-refractivity contribution in [3.63, 3.8) is 0 Å². The van der Waals surface area contributed by atoms with Gasteiger partial charge in [-0.2, -0.15) is 0 Å². The fraction of sp³-hybridized carbons (Fsp3) is 0.167. The number of thiocarbonyl (C=S) groups is 1. The van der Waals surface area contributed by atoms with Gasteiger partial charge in [-0.15, -0.1) is 0 Å². The zero-order chi connectivity index (χ0) is 20.5. The molecule has 1 aromatic heterocycles. The molecule has 1 saturated heterocycles. The molecule has 0 spiro atoms. The molecule has 3 nitrogen and oxygen atoms in total. The van der Waals surface area contributed by atoms with E-state index >= 15 is 0 Å². The lowest BCUT2D eigenvalue weighted by atomic mass is 10.2. The lowest BCUT2D eigenvalue weighted by Gasteiger charge is -2.14. The molecule has 1 aliphatic rings. The van der Waals surface area contributed by atoms with Gasteiger partial charge in [-0.3, -0.25) is 9.69 Å². The first-order valence-electron chi connectivity index (χ1n) is 9.50. The zero-order valence-corrected chi connectivity index (χ0v) is 18.3. The van der Waals surface area contributed by atoms with Crippen molar-refractivity contribution < 1.29 is 4.79 Å². The quantitative estimate of drug-likeness (QED) is 0.395. The van der Waals surface area contributed by atoms with Gasteiger partial charge in [0.25, 0.3) is 5.91 Å². The molecule has 0 bridgehead atoms. The van der Waals surface area contributed by atoms with Crippen LogP contribution in [0, 0.1) is 20.8 Å². The molecular weight excluding hydrogens is 396 g/mol. The lowest BCUT2D eigenvalue weighted by Crippen LogP contribution is -2.27. The Morgan fingerprint density at radius 1 is 1.00 bits per heavy atom. The summed E-state index contributed by atoms with van der Waals surface area (Å²) in [5.41, 5.74) is 6.76. The van der Waals surface area contributed by atoms with E-state index in [1.165, 1.54) is 23.0 Å². The molecule has 0 saturated carbocycles. The van der Waals surface area contributed by atoms with E-state index in [-0.39, 0.29) is 5.91 Å². The van der Waals surface area contributed by atoms with E-state index in [0.717, 1.165) is 22.5 Å². The van der Waals surface area contributed by atoms with Crippen LogP contribution in [0.5, 0.6) is 0 Å². The van der Waals surface area contributed by atoms with Crippen LogP contribution in [-0.4, -0.2) is 19.7 Å². The van der Waals surface area contributed by atoms with Crippen LogP contribution >= 0.6 is 24.0 Å². The number of rotatable bonds is 4. The number of amides is 1. The smallest absolute Gasteiger partial charge is 0.266 e. The van der Waals surface area contributed by atoms with Crippen LogP contribution in [0.3, 0.4) is 0 Å². The highest BCUT2D eigenvalue weighted by Crippen LogP contribution is 2.35. The Morgan fingerprint density at radius 3 is 2.41 bits per heavy atom. The molecule has 0 unspecified atom stereocenters. The van der Waals surface area contributed by atoms with E-state index in [1.54, 1.807) is 4.90 Å². The molecule has 5 heteroatoms. The number of para-hydroxylation sites is 1. The Kier molecular flexibility index (Phi) is 5.43. The minimum absolute atomic E-state index is 0.0236. The van der Waals surface area contributed by atoms with Gasteiger partial charge in [0, 0.05) is 17.1 Å². The van der Waals surface area contributed by atoms with Gasteiger partial charge in [0.2, 0.25) is 0 Å². The molecule has 146 valence electrons. The van der Waals surface area contributed by atoms with E-state index in [0.29, 0.717) is 15.8 Å². The number of hydrogen-bond acceptors (Lipinski definition) is 3. The third-order valence-corrected chi connectivity index (χ3v) is 6.55. The van der Waals surface area contributed by atoms with Crippen LogP contribution in [0.4, 0.5) is 0 Å². The predicted molar refractivity (Wildman–Crippen MR) is 125 cm³/mol. The van der Waals surface area contributed by atoms with Crippen molar-refractivity contribution >= 4 is 40.3 Å². The Balaban J connectivity index is 1.65. The summed E-state index contributed by atoms with van der Waals surface area (Å²) >= 11 is 6.87. The number of thioether (sulfide) groups is 1. The molecular formula is C24H22N2OS2. The van der Waals surface area contributed by atoms with Gasteiger partial charge in [0.15, 0.2) is 0 Å². The van der Waals surface area contributed by atoms with Gasteiger partial charge in [0.1, 0.15) is 4.32 Å². The second-order valence-electron chi connectivity index (χ2n) is 7.20. The van der Waals surface area contributed by atoms with Crippen molar-refractivity contribution in [2.75, 3.05) is 0 Å². The van der Waals surface area contributed by atoms with Crippen molar-refractivity contribution in [3.05, 3.63) is 93.6 Å². The molecule has 0 N–H and O–H groups in total. The second-order valence-corrected chi connectivity index (χ2v) is 8.88. The molecule has 1 fully saturated rings. The first kappa shape index (κ1) is 19.7. The van der Waals surface area contributed by atoms with Crippen LogP contribution in [0.2, 0.25) is 0 Å². The van der Waals surface area contributed by atoms with Gasteiger partial charge in [-0.25, -0.2) is 0 Å². The van der Waals surface area contributed by atoms with Crippen molar-refractivity contribution in [1.29, 1.82) is 0 Å². The highest BCUT2D eigenvalue weighted by molar-refractivity contribution is 8.26. The van der Waals surface area contributed by atoms with Crippen LogP contribution in [0.1, 0.15) is 28.1 Å². The fourth-order valence-electron chi connectivity index (χ4n) is 3.66. The zero-order valence-electron chi connectivity index (χ0n) is 16.7. The number of carbonyl (C=O) groups is 1. The topological polar surface area (TPSA) is 25.2 Å². The minimum Gasteiger partial charge on any atom is -0.318 e. The number of benzene rings is 2. The predicted octanol–water partition coefficient (Wildman–Crippen LogP) is 5.80. The van der Waals surface area contributed by atoms with E-state index in [2.05, 4.69) is 49.6 Å².